The van der Waals surface area contributed by atoms with Crippen LogP contribution in [0.1, 0.15) is 36.0 Å². The Labute approximate surface area is 154 Å². The number of sulfonamides is 1. The Morgan fingerprint density at radius 1 is 1.00 bits per heavy atom. The van der Waals surface area contributed by atoms with Crippen LogP contribution >= 0.6 is 0 Å². The first kappa shape index (κ1) is 17.5. The molecule has 1 amide bonds. The van der Waals surface area contributed by atoms with E-state index >= 15 is 0 Å². The number of fused-ring (bicyclic) bond motifs is 1. The zero-order valence-corrected chi connectivity index (χ0v) is 15.5. The second kappa shape index (κ2) is 7.00. The molecule has 0 spiro atoms. The van der Waals surface area contributed by atoms with E-state index in [9.17, 15) is 13.2 Å². The summed E-state index contributed by atoms with van der Waals surface area (Å²) in [5, 5.41) is 5.06. The average molecular weight is 372 g/mol. The number of carbonyl (C=O) groups is 1. The fraction of sp³-hybridized carbons (Fsp3) is 0.450. The molecule has 1 aliphatic heterocycles. The summed E-state index contributed by atoms with van der Waals surface area (Å²) in [6.07, 6.45) is 3.24. The van der Waals surface area contributed by atoms with E-state index in [0.29, 0.717) is 31.1 Å². The smallest absolute Gasteiger partial charge is 0.251 e. The van der Waals surface area contributed by atoms with Crippen LogP contribution < -0.4 is 5.32 Å². The van der Waals surface area contributed by atoms with Gasteiger partial charge >= 0.3 is 0 Å². The second-order valence-corrected chi connectivity index (χ2v) is 9.57. The maximum Gasteiger partial charge on any atom is 0.251 e. The zero-order valence-electron chi connectivity index (χ0n) is 14.7. The van der Waals surface area contributed by atoms with Gasteiger partial charge in [-0.25, -0.2) is 12.7 Å². The summed E-state index contributed by atoms with van der Waals surface area (Å²) in [6, 6.07) is 13.7. The molecule has 0 aromatic heterocycles. The lowest BCUT2D eigenvalue weighted by Crippen LogP contribution is -2.42. The van der Waals surface area contributed by atoms with Gasteiger partial charge < -0.3 is 5.32 Å². The number of hydrogen-bond donors (Lipinski definition) is 1. The number of rotatable bonds is 5. The Morgan fingerprint density at radius 3 is 2.38 bits per heavy atom. The lowest BCUT2D eigenvalue weighted by atomic mass is 9.98. The molecule has 0 atom stereocenters. The van der Waals surface area contributed by atoms with Gasteiger partial charge in [-0.15, -0.1) is 0 Å². The Morgan fingerprint density at radius 2 is 1.69 bits per heavy atom. The minimum Gasteiger partial charge on any atom is -0.352 e. The fourth-order valence-corrected chi connectivity index (χ4v) is 5.49. The number of carbonyl (C=O) groups excluding carboxylic acids is 1. The standard InChI is InChI=1S/C20H24N2O3S/c23-20(18-6-5-16-3-1-2-4-17(16)13-18)21-14-15-9-11-22(12-10-15)26(24,25)19-7-8-19/h1-6,13,15,19H,7-12,14H2,(H,21,23). The van der Waals surface area contributed by atoms with E-state index in [4.69, 9.17) is 0 Å². The van der Waals surface area contributed by atoms with E-state index in [1.54, 1.807) is 4.31 Å². The van der Waals surface area contributed by atoms with Crippen molar-refractivity contribution in [2.24, 2.45) is 5.92 Å². The number of benzene rings is 2. The average Bonchev–Trinajstić information content (AvgIpc) is 3.52. The molecule has 2 aromatic rings. The molecule has 138 valence electrons. The maximum absolute atomic E-state index is 12.4. The lowest BCUT2D eigenvalue weighted by Gasteiger charge is -2.31. The van der Waals surface area contributed by atoms with Gasteiger partial charge in [0.25, 0.3) is 5.91 Å². The summed E-state index contributed by atoms with van der Waals surface area (Å²) in [5.74, 6) is 0.272. The van der Waals surface area contributed by atoms with E-state index in [2.05, 4.69) is 5.32 Å². The normalized spacial score (nSPS) is 19.5. The molecule has 1 heterocycles. The van der Waals surface area contributed by atoms with Gasteiger partial charge in [-0.1, -0.05) is 30.3 Å². The van der Waals surface area contributed by atoms with Crippen LogP contribution in [0, 0.1) is 5.92 Å². The van der Waals surface area contributed by atoms with Crippen molar-refractivity contribution in [3.8, 4) is 0 Å². The van der Waals surface area contributed by atoms with Gasteiger partial charge in [-0.2, -0.15) is 0 Å². The summed E-state index contributed by atoms with van der Waals surface area (Å²) in [4.78, 5) is 12.4. The van der Waals surface area contributed by atoms with Crippen molar-refractivity contribution in [2.75, 3.05) is 19.6 Å². The van der Waals surface area contributed by atoms with E-state index in [0.717, 1.165) is 36.5 Å². The van der Waals surface area contributed by atoms with Crippen LogP contribution in [0.15, 0.2) is 42.5 Å². The molecule has 4 rings (SSSR count). The van der Waals surface area contributed by atoms with Gasteiger partial charge in [0.1, 0.15) is 0 Å². The Hall–Kier alpha value is -1.92. The van der Waals surface area contributed by atoms with Crippen molar-refractivity contribution in [3.63, 3.8) is 0 Å². The molecule has 26 heavy (non-hydrogen) atoms. The number of hydrogen-bond acceptors (Lipinski definition) is 3. The lowest BCUT2D eigenvalue weighted by molar-refractivity contribution is 0.0941. The molecule has 6 heteroatoms. The first-order valence-corrected chi connectivity index (χ1v) is 10.8. The van der Waals surface area contributed by atoms with Gasteiger partial charge in [0.2, 0.25) is 10.0 Å². The molecule has 0 bridgehead atoms. The molecule has 2 aromatic carbocycles. The molecular formula is C20H24N2O3S. The zero-order chi connectivity index (χ0) is 18.1. The van der Waals surface area contributed by atoms with Crippen LogP contribution in [-0.2, 0) is 10.0 Å². The van der Waals surface area contributed by atoms with E-state index in [1.165, 1.54) is 0 Å². The van der Waals surface area contributed by atoms with Crippen LogP contribution in [0.4, 0.5) is 0 Å². The number of amides is 1. The van der Waals surface area contributed by atoms with Crippen molar-refractivity contribution in [2.45, 2.75) is 30.9 Å². The van der Waals surface area contributed by atoms with Crippen molar-refractivity contribution < 1.29 is 13.2 Å². The van der Waals surface area contributed by atoms with Gasteiger partial charge in [0, 0.05) is 25.2 Å². The third kappa shape index (κ3) is 3.62. The molecular weight excluding hydrogens is 348 g/mol. The van der Waals surface area contributed by atoms with E-state index in [-0.39, 0.29) is 11.2 Å². The second-order valence-electron chi connectivity index (χ2n) is 7.36. The van der Waals surface area contributed by atoms with E-state index < -0.39 is 10.0 Å². The quantitative estimate of drug-likeness (QED) is 0.878. The van der Waals surface area contributed by atoms with Crippen molar-refractivity contribution in [1.29, 1.82) is 0 Å². The Kier molecular flexibility index (Phi) is 4.71. The topological polar surface area (TPSA) is 66.5 Å². The van der Waals surface area contributed by atoms with Gasteiger partial charge in [-0.05, 0) is 54.5 Å². The van der Waals surface area contributed by atoms with Crippen LogP contribution in [0.5, 0.6) is 0 Å². The first-order chi connectivity index (χ1) is 12.5. The summed E-state index contributed by atoms with van der Waals surface area (Å²) in [6.45, 7) is 1.76. The predicted octanol–water partition coefficient (Wildman–Crippen LogP) is 2.77. The van der Waals surface area contributed by atoms with Crippen molar-refractivity contribution in [3.05, 3.63) is 48.0 Å². The highest BCUT2D eigenvalue weighted by Crippen LogP contribution is 2.33. The highest BCUT2D eigenvalue weighted by atomic mass is 32.2. The molecule has 0 radical (unpaired) electrons. The van der Waals surface area contributed by atoms with Crippen LogP contribution in [0.3, 0.4) is 0 Å². The SMILES string of the molecule is O=C(NCC1CCN(S(=O)(=O)C2CC2)CC1)c1ccc2ccccc2c1. The molecule has 2 aliphatic rings. The maximum atomic E-state index is 12.4. The molecule has 5 nitrogen and oxygen atoms in total. The van der Waals surface area contributed by atoms with Gasteiger partial charge in [0.15, 0.2) is 0 Å². The molecule has 1 saturated carbocycles. The predicted molar refractivity (Wildman–Crippen MR) is 103 cm³/mol. The van der Waals surface area contributed by atoms with Crippen molar-refractivity contribution >= 4 is 26.7 Å². The largest absolute Gasteiger partial charge is 0.352 e. The molecule has 1 aliphatic carbocycles. The number of nitrogens with one attached hydrogen (secondary N) is 1. The summed E-state index contributed by atoms with van der Waals surface area (Å²) in [7, 11) is -3.06. The highest BCUT2D eigenvalue weighted by molar-refractivity contribution is 7.90. The van der Waals surface area contributed by atoms with Crippen molar-refractivity contribution in [1.82, 2.24) is 9.62 Å². The molecule has 1 saturated heterocycles. The monoisotopic (exact) mass is 372 g/mol. The highest BCUT2D eigenvalue weighted by Gasteiger charge is 2.41. The van der Waals surface area contributed by atoms with Crippen LogP contribution in [0.25, 0.3) is 10.8 Å². The first-order valence-electron chi connectivity index (χ1n) is 9.30. The third-order valence-corrected chi connectivity index (χ3v) is 7.84. The molecule has 2 fully saturated rings. The van der Waals surface area contributed by atoms with Gasteiger partial charge in [0.05, 0.1) is 5.25 Å². The number of nitrogens with zero attached hydrogens (tertiary/aromatic N) is 1. The minimum absolute atomic E-state index is 0.0659. The Bertz CT molecular complexity index is 914. The third-order valence-electron chi connectivity index (χ3n) is 5.44. The Balaban J connectivity index is 1.30. The minimum atomic E-state index is -3.06. The van der Waals surface area contributed by atoms with Crippen LogP contribution in [0.2, 0.25) is 0 Å². The molecule has 0 unspecified atom stereocenters. The fourth-order valence-electron chi connectivity index (χ4n) is 3.61. The van der Waals surface area contributed by atoms with E-state index in [1.807, 2.05) is 42.5 Å². The summed E-state index contributed by atoms with van der Waals surface area (Å²) >= 11 is 0. The summed E-state index contributed by atoms with van der Waals surface area (Å²) in [5.41, 5.74) is 0.664. The number of piperidine rings is 1. The molecule has 1 N–H and O–H groups in total. The van der Waals surface area contributed by atoms with Gasteiger partial charge in [-0.3, -0.25) is 4.79 Å². The summed E-state index contributed by atoms with van der Waals surface area (Å²) < 4.78 is 26.2. The van der Waals surface area contributed by atoms with Crippen LogP contribution in [-0.4, -0.2) is 43.5 Å².